The van der Waals surface area contributed by atoms with Gasteiger partial charge in [0.1, 0.15) is 0 Å². The van der Waals surface area contributed by atoms with Crippen LogP contribution in [0.2, 0.25) is 0 Å². The molecule has 1 aliphatic carbocycles. The first kappa shape index (κ1) is 19.9. The van der Waals surface area contributed by atoms with E-state index in [1.165, 1.54) is 11.3 Å². The van der Waals surface area contributed by atoms with Crippen molar-refractivity contribution >= 4 is 34.5 Å². The van der Waals surface area contributed by atoms with E-state index >= 15 is 0 Å². The number of thiophene rings is 1. The predicted molar refractivity (Wildman–Crippen MR) is 120 cm³/mol. The zero-order valence-corrected chi connectivity index (χ0v) is 17.6. The third-order valence-electron chi connectivity index (χ3n) is 5.11. The van der Waals surface area contributed by atoms with Gasteiger partial charge in [-0.25, -0.2) is 4.85 Å². The lowest BCUT2D eigenvalue weighted by Crippen LogP contribution is -2.25. The van der Waals surface area contributed by atoms with Crippen molar-refractivity contribution < 1.29 is 9.59 Å². The highest BCUT2D eigenvalue weighted by atomic mass is 32.1. The maximum absolute atomic E-state index is 12.8. The third-order valence-corrected chi connectivity index (χ3v) is 6.22. The lowest BCUT2D eigenvalue weighted by atomic mass is 10.1. The van der Waals surface area contributed by atoms with E-state index in [2.05, 4.69) is 15.5 Å². The van der Waals surface area contributed by atoms with Gasteiger partial charge in [-0.15, -0.1) is 11.3 Å². The molecule has 1 aliphatic rings. The summed E-state index contributed by atoms with van der Waals surface area (Å²) in [4.78, 5) is 30.2. The molecule has 2 N–H and O–H groups in total. The van der Waals surface area contributed by atoms with Crippen molar-refractivity contribution in [2.45, 2.75) is 32.7 Å². The van der Waals surface area contributed by atoms with Crippen LogP contribution in [-0.2, 0) is 0 Å². The summed E-state index contributed by atoms with van der Waals surface area (Å²) in [6.45, 7) is 11.1. The summed E-state index contributed by atoms with van der Waals surface area (Å²) in [6, 6.07) is 14.9. The molecule has 1 aromatic heterocycles. The normalized spacial score (nSPS) is 12.8. The molecular formula is C24H21N3O2S. The van der Waals surface area contributed by atoms with E-state index in [0.29, 0.717) is 21.8 Å². The Balaban J connectivity index is 1.54. The largest absolute Gasteiger partial charge is 0.349 e. The number of anilines is 1. The van der Waals surface area contributed by atoms with Crippen LogP contribution in [0.5, 0.6) is 0 Å². The van der Waals surface area contributed by atoms with Crippen LogP contribution in [-0.4, -0.2) is 17.9 Å². The Morgan fingerprint density at radius 3 is 2.50 bits per heavy atom. The molecule has 2 aromatic carbocycles. The molecule has 6 heteroatoms. The van der Waals surface area contributed by atoms with Crippen LogP contribution in [0.1, 0.15) is 44.0 Å². The van der Waals surface area contributed by atoms with Crippen molar-refractivity contribution in [2.24, 2.45) is 0 Å². The SMILES string of the molecule is [C-]#[N+]c1ccc(C)c(-c2ccc(C(=O)Nc3cc(C(=O)NC4CC4)ccc3C)s2)c1. The first-order chi connectivity index (χ1) is 14.4. The van der Waals surface area contributed by atoms with Crippen molar-refractivity contribution in [3.8, 4) is 10.4 Å². The molecule has 4 rings (SSSR count). The smallest absolute Gasteiger partial charge is 0.265 e. The molecule has 0 bridgehead atoms. The zero-order chi connectivity index (χ0) is 21.3. The highest BCUT2D eigenvalue weighted by Gasteiger charge is 2.24. The molecule has 0 unspecified atom stereocenters. The third kappa shape index (κ3) is 4.27. The fourth-order valence-electron chi connectivity index (χ4n) is 3.13. The van der Waals surface area contributed by atoms with Crippen LogP contribution in [0.25, 0.3) is 15.3 Å². The molecule has 0 radical (unpaired) electrons. The second-order valence-corrected chi connectivity index (χ2v) is 8.59. The lowest BCUT2D eigenvalue weighted by Gasteiger charge is -2.10. The monoisotopic (exact) mass is 415 g/mol. The Morgan fingerprint density at radius 2 is 1.77 bits per heavy atom. The minimum Gasteiger partial charge on any atom is -0.349 e. The molecule has 150 valence electrons. The van der Waals surface area contributed by atoms with Gasteiger partial charge in [-0.3, -0.25) is 9.59 Å². The Labute approximate surface area is 179 Å². The zero-order valence-electron chi connectivity index (χ0n) is 16.8. The summed E-state index contributed by atoms with van der Waals surface area (Å²) >= 11 is 1.39. The van der Waals surface area contributed by atoms with Crippen molar-refractivity contribution in [1.82, 2.24) is 5.32 Å². The molecule has 30 heavy (non-hydrogen) atoms. The van der Waals surface area contributed by atoms with Gasteiger partial charge in [-0.2, -0.15) is 0 Å². The van der Waals surface area contributed by atoms with Crippen molar-refractivity contribution in [3.63, 3.8) is 0 Å². The number of carbonyl (C=O) groups is 2. The van der Waals surface area contributed by atoms with Gasteiger partial charge in [0.25, 0.3) is 11.8 Å². The second-order valence-electron chi connectivity index (χ2n) is 7.51. The number of rotatable bonds is 5. The van der Waals surface area contributed by atoms with Crippen LogP contribution in [0.4, 0.5) is 11.4 Å². The van der Waals surface area contributed by atoms with Crippen LogP contribution in [0.3, 0.4) is 0 Å². The van der Waals surface area contributed by atoms with Crippen molar-refractivity contribution in [3.05, 3.63) is 81.5 Å². The molecule has 1 heterocycles. The lowest BCUT2D eigenvalue weighted by molar-refractivity contribution is 0.0949. The molecule has 3 aromatic rings. The number of hydrogen-bond acceptors (Lipinski definition) is 3. The fraction of sp³-hybridized carbons (Fsp3) is 0.208. The minimum atomic E-state index is -0.215. The van der Waals surface area contributed by atoms with Gasteiger partial charge in [0.2, 0.25) is 0 Å². The summed E-state index contributed by atoms with van der Waals surface area (Å²) < 4.78 is 0. The second kappa shape index (κ2) is 8.13. The predicted octanol–water partition coefficient (Wildman–Crippen LogP) is 5.73. The summed E-state index contributed by atoms with van der Waals surface area (Å²) in [6.07, 6.45) is 2.06. The minimum absolute atomic E-state index is 0.110. The van der Waals surface area contributed by atoms with Crippen LogP contribution >= 0.6 is 11.3 Å². The number of hydrogen-bond donors (Lipinski definition) is 2. The Bertz CT molecular complexity index is 1190. The summed E-state index contributed by atoms with van der Waals surface area (Å²) in [7, 11) is 0. The Kier molecular flexibility index (Phi) is 5.39. The van der Waals surface area contributed by atoms with E-state index < -0.39 is 0 Å². The highest BCUT2D eigenvalue weighted by Crippen LogP contribution is 2.33. The van der Waals surface area contributed by atoms with Gasteiger partial charge in [-0.1, -0.05) is 18.2 Å². The highest BCUT2D eigenvalue weighted by molar-refractivity contribution is 7.17. The number of carbonyl (C=O) groups excluding carboxylic acids is 2. The van der Waals surface area contributed by atoms with Gasteiger partial charge < -0.3 is 10.6 Å². The first-order valence-corrected chi connectivity index (χ1v) is 10.6. The van der Waals surface area contributed by atoms with Crippen LogP contribution < -0.4 is 10.6 Å². The average molecular weight is 416 g/mol. The molecule has 5 nitrogen and oxygen atoms in total. The maximum atomic E-state index is 12.8. The molecule has 1 fully saturated rings. The van der Waals surface area contributed by atoms with E-state index in [1.807, 2.05) is 38.1 Å². The number of nitrogens with zero attached hydrogens (tertiary/aromatic N) is 1. The number of amides is 2. The summed E-state index contributed by atoms with van der Waals surface area (Å²) in [5.41, 5.74) is 4.66. The van der Waals surface area contributed by atoms with Crippen LogP contribution in [0.15, 0.2) is 48.5 Å². The average Bonchev–Trinajstić information content (AvgIpc) is 3.41. The molecule has 0 aliphatic heterocycles. The molecule has 1 saturated carbocycles. The molecule has 0 atom stereocenters. The summed E-state index contributed by atoms with van der Waals surface area (Å²) in [5, 5.41) is 5.90. The molecular weight excluding hydrogens is 394 g/mol. The van der Waals surface area contributed by atoms with E-state index in [0.717, 1.165) is 34.4 Å². The van der Waals surface area contributed by atoms with Gasteiger partial charge in [0.15, 0.2) is 5.69 Å². The van der Waals surface area contributed by atoms with E-state index in [-0.39, 0.29) is 17.9 Å². The number of nitrogens with one attached hydrogen (secondary N) is 2. The molecule has 2 amide bonds. The Morgan fingerprint density at radius 1 is 1.00 bits per heavy atom. The van der Waals surface area contributed by atoms with E-state index in [4.69, 9.17) is 6.57 Å². The molecule has 0 saturated heterocycles. The van der Waals surface area contributed by atoms with E-state index in [9.17, 15) is 9.59 Å². The van der Waals surface area contributed by atoms with Crippen molar-refractivity contribution in [1.29, 1.82) is 0 Å². The van der Waals surface area contributed by atoms with E-state index in [1.54, 1.807) is 24.3 Å². The van der Waals surface area contributed by atoms with Gasteiger partial charge in [-0.05, 0) is 73.7 Å². The quantitative estimate of drug-likeness (QED) is 0.523. The van der Waals surface area contributed by atoms with Gasteiger partial charge >= 0.3 is 0 Å². The van der Waals surface area contributed by atoms with Gasteiger partial charge in [0.05, 0.1) is 11.4 Å². The number of aryl methyl sites for hydroxylation is 2. The van der Waals surface area contributed by atoms with Gasteiger partial charge in [0, 0.05) is 22.2 Å². The van der Waals surface area contributed by atoms with Crippen molar-refractivity contribution in [2.75, 3.05) is 5.32 Å². The fourth-order valence-corrected chi connectivity index (χ4v) is 4.11. The molecule has 0 spiro atoms. The summed E-state index contributed by atoms with van der Waals surface area (Å²) in [5.74, 6) is -0.324. The Hall–Kier alpha value is -3.43. The topological polar surface area (TPSA) is 62.6 Å². The number of benzene rings is 2. The maximum Gasteiger partial charge on any atom is 0.265 e. The first-order valence-electron chi connectivity index (χ1n) is 9.76. The standard InChI is InChI=1S/C24H21N3O2S/c1-14-5-7-18(25-3)13-19(14)21-10-11-22(30-21)24(29)27-20-12-16(6-4-15(20)2)23(28)26-17-8-9-17/h4-7,10-13,17H,8-9H2,1-2H3,(H,26,28)(H,27,29). The van der Waals surface area contributed by atoms with Crippen LogP contribution in [0, 0.1) is 20.4 Å².